The van der Waals surface area contributed by atoms with Crippen molar-refractivity contribution in [3.63, 3.8) is 0 Å². The molecule has 1 aromatic heterocycles. The molecule has 2 N–H and O–H groups in total. The zero-order valence-electron chi connectivity index (χ0n) is 13.1. The monoisotopic (exact) mass is 345 g/mol. The summed E-state index contributed by atoms with van der Waals surface area (Å²) in [6.45, 7) is 5.54. The van der Waals surface area contributed by atoms with Gasteiger partial charge in [0.2, 0.25) is 0 Å². The number of hydrogen-bond acceptors (Lipinski definition) is 3. The van der Waals surface area contributed by atoms with Crippen LogP contribution in [0.2, 0.25) is 0 Å². The zero-order chi connectivity index (χ0) is 14.3. The molecule has 4 nitrogen and oxygen atoms in total. The first-order valence-corrected chi connectivity index (χ1v) is 7.55. The summed E-state index contributed by atoms with van der Waals surface area (Å²) >= 11 is 0. The summed E-state index contributed by atoms with van der Waals surface area (Å²) in [4.78, 5) is 19.1. The average Bonchev–Trinajstić information content (AvgIpc) is 2.83. The van der Waals surface area contributed by atoms with Crippen LogP contribution in [0, 0.1) is 25.7 Å². The number of amides is 1. The van der Waals surface area contributed by atoms with E-state index < -0.39 is 0 Å². The van der Waals surface area contributed by atoms with Gasteiger partial charge in [0.25, 0.3) is 5.91 Å². The lowest BCUT2D eigenvalue weighted by Crippen LogP contribution is -2.38. The maximum Gasteiger partial charge on any atom is 0.255 e. The fraction of sp³-hybridized carbons (Fsp3) is 0.625. The summed E-state index contributed by atoms with van der Waals surface area (Å²) in [5.41, 5.74) is 8.74. The van der Waals surface area contributed by atoms with Gasteiger partial charge in [-0.05, 0) is 50.7 Å². The molecular formula is C16H25Cl2N3O. The molecule has 0 bridgehead atoms. The lowest BCUT2D eigenvalue weighted by atomic mass is 9.78. The number of aryl methyl sites for hydroxylation is 2. The number of halogens is 2. The highest BCUT2D eigenvalue weighted by molar-refractivity contribution is 5.95. The Kier molecular flexibility index (Phi) is 6.65. The van der Waals surface area contributed by atoms with Crippen LogP contribution in [0.5, 0.6) is 0 Å². The van der Waals surface area contributed by atoms with Crippen LogP contribution in [-0.2, 0) is 0 Å². The van der Waals surface area contributed by atoms with Crippen molar-refractivity contribution >= 4 is 30.7 Å². The zero-order valence-corrected chi connectivity index (χ0v) is 14.8. The number of carbonyl (C=O) groups is 1. The topological polar surface area (TPSA) is 59.2 Å². The highest BCUT2D eigenvalue weighted by Crippen LogP contribution is 2.36. The van der Waals surface area contributed by atoms with Crippen molar-refractivity contribution in [1.29, 1.82) is 0 Å². The van der Waals surface area contributed by atoms with Crippen LogP contribution in [0.15, 0.2) is 12.1 Å². The predicted molar refractivity (Wildman–Crippen MR) is 92.9 cm³/mol. The first kappa shape index (κ1) is 19.2. The van der Waals surface area contributed by atoms with E-state index in [-0.39, 0.29) is 36.8 Å². The van der Waals surface area contributed by atoms with Crippen LogP contribution in [0.1, 0.15) is 41.0 Å². The summed E-state index contributed by atoms with van der Waals surface area (Å²) < 4.78 is 0. The van der Waals surface area contributed by atoms with E-state index in [4.69, 9.17) is 5.73 Å². The van der Waals surface area contributed by atoms with E-state index in [9.17, 15) is 4.79 Å². The number of likely N-dealkylation sites (tertiary alicyclic amines) is 1. The molecule has 1 aliphatic heterocycles. The lowest BCUT2D eigenvalue weighted by Gasteiger charge is -2.29. The number of rotatable bonds is 1. The molecule has 1 amide bonds. The quantitative estimate of drug-likeness (QED) is 0.851. The number of aromatic nitrogens is 1. The van der Waals surface area contributed by atoms with E-state index >= 15 is 0 Å². The maximum atomic E-state index is 12.7. The van der Waals surface area contributed by atoms with Gasteiger partial charge in [-0.3, -0.25) is 9.78 Å². The second kappa shape index (κ2) is 7.62. The molecule has 3 unspecified atom stereocenters. The molecule has 0 aromatic carbocycles. The molecule has 2 fully saturated rings. The van der Waals surface area contributed by atoms with Crippen molar-refractivity contribution in [3.05, 3.63) is 29.1 Å². The molecule has 2 heterocycles. The highest BCUT2D eigenvalue weighted by atomic mass is 35.5. The SMILES string of the molecule is Cc1ccc(C(=O)N2CC3CCCC(N)C3C2)c(C)n1.Cl.Cl. The van der Waals surface area contributed by atoms with Gasteiger partial charge in [0, 0.05) is 24.8 Å². The number of hydrogen-bond donors (Lipinski definition) is 1. The van der Waals surface area contributed by atoms with Gasteiger partial charge in [0.1, 0.15) is 0 Å². The van der Waals surface area contributed by atoms with Crippen molar-refractivity contribution in [3.8, 4) is 0 Å². The van der Waals surface area contributed by atoms with Gasteiger partial charge in [0.05, 0.1) is 11.3 Å². The first-order chi connectivity index (χ1) is 9.56. The molecule has 6 heteroatoms. The number of pyridine rings is 1. The van der Waals surface area contributed by atoms with Gasteiger partial charge < -0.3 is 10.6 Å². The van der Waals surface area contributed by atoms with E-state index in [1.165, 1.54) is 12.8 Å². The highest BCUT2D eigenvalue weighted by Gasteiger charge is 2.40. The van der Waals surface area contributed by atoms with Gasteiger partial charge in [-0.15, -0.1) is 24.8 Å². The Bertz CT molecular complexity index is 538. The third-order valence-corrected chi connectivity index (χ3v) is 4.90. The first-order valence-electron chi connectivity index (χ1n) is 7.55. The second-order valence-electron chi connectivity index (χ2n) is 6.31. The van der Waals surface area contributed by atoms with Gasteiger partial charge >= 0.3 is 0 Å². The summed E-state index contributed by atoms with van der Waals surface area (Å²) in [5.74, 6) is 1.21. The van der Waals surface area contributed by atoms with E-state index in [2.05, 4.69) is 4.98 Å². The summed E-state index contributed by atoms with van der Waals surface area (Å²) in [7, 11) is 0. The Morgan fingerprint density at radius 3 is 2.59 bits per heavy atom. The molecule has 1 aromatic rings. The van der Waals surface area contributed by atoms with Crippen molar-refractivity contribution in [1.82, 2.24) is 9.88 Å². The fourth-order valence-electron chi connectivity index (χ4n) is 3.77. The van der Waals surface area contributed by atoms with Crippen LogP contribution in [-0.4, -0.2) is 34.9 Å². The van der Waals surface area contributed by atoms with E-state index in [1.54, 1.807) is 0 Å². The molecule has 1 saturated carbocycles. The minimum atomic E-state index is 0. The predicted octanol–water partition coefficient (Wildman–Crippen LogP) is 2.74. The maximum absolute atomic E-state index is 12.7. The van der Waals surface area contributed by atoms with Crippen LogP contribution in [0.25, 0.3) is 0 Å². The number of nitrogens with zero attached hydrogens (tertiary/aromatic N) is 2. The van der Waals surface area contributed by atoms with E-state index in [1.807, 2.05) is 30.9 Å². The third kappa shape index (κ3) is 3.55. The Morgan fingerprint density at radius 1 is 1.23 bits per heavy atom. The van der Waals surface area contributed by atoms with E-state index in [0.717, 1.165) is 36.5 Å². The Balaban J connectivity index is 0.00000121. The van der Waals surface area contributed by atoms with Gasteiger partial charge in [-0.2, -0.15) is 0 Å². The molecule has 22 heavy (non-hydrogen) atoms. The summed E-state index contributed by atoms with van der Waals surface area (Å²) in [6.07, 6.45) is 3.52. The van der Waals surface area contributed by atoms with E-state index in [0.29, 0.717) is 11.8 Å². The molecule has 124 valence electrons. The lowest BCUT2D eigenvalue weighted by molar-refractivity contribution is 0.0782. The largest absolute Gasteiger partial charge is 0.338 e. The smallest absolute Gasteiger partial charge is 0.255 e. The summed E-state index contributed by atoms with van der Waals surface area (Å²) in [5, 5.41) is 0. The second-order valence-corrected chi connectivity index (χ2v) is 6.31. The van der Waals surface area contributed by atoms with Crippen molar-refractivity contribution in [2.45, 2.75) is 39.2 Å². The minimum Gasteiger partial charge on any atom is -0.338 e. The molecule has 3 rings (SSSR count). The molecular weight excluding hydrogens is 321 g/mol. The average molecular weight is 346 g/mol. The van der Waals surface area contributed by atoms with Gasteiger partial charge in [-0.1, -0.05) is 6.42 Å². The number of nitrogens with two attached hydrogens (primary N) is 1. The fourth-order valence-corrected chi connectivity index (χ4v) is 3.77. The number of carbonyl (C=O) groups excluding carboxylic acids is 1. The van der Waals surface area contributed by atoms with Crippen molar-refractivity contribution in [2.24, 2.45) is 17.6 Å². The molecule has 1 aliphatic carbocycles. The Morgan fingerprint density at radius 2 is 1.95 bits per heavy atom. The third-order valence-electron chi connectivity index (χ3n) is 4.90. The van der Waals surface area contributed by atoms with Gasteiger partial charge in [0.15, 0.2) is 0 Å². The Labute approximate surface area is 144 Å². The van der Waals surface area contributed by atoms with Crippen LogP contribution in [0.3, 0.4) is 0 Å². The molecule has 1 saturated heterocycles. The Hall–Kier alpha value is -0.840. The normalized spacial score (nSPS) is 26.7. The number of fused-ring (bicyclic) bond motifs is 1. The standard InChI is InChI=1S/C16H23N3O.2ClH/c1-10-6-7-13(11(2)18-10)16(20)19-8-12-4-3-5-15(17)14(12)9-19;;/h6-7,12,14-15H,3-5,8-9,17H2,1-2H3;2*1H. The van der Waals surface area contributed by atoms with Gasteiger partial charge in [-0.25, -0.2) is 0 Å². The van der Waals surface area contributed by atoms with Crippen molar-refractivity contribution < 1.29 is 4.79 Å². The molecule has 0 radical (unpaired) electrons. The van der Waals surface area contributed by atoms with Crippen LogP contribution < -0.4 is 5.73 Å². The molecule has 2 aliphatic rings. The van der Waals surface area contributed by atoms with Crippen molar-refractivity contribution in [2.75, 3.05) is 13.1 Å². The molecule has 0 spiro atoms. The summed E-state index contributed by atoms with van der Waals surface area (Å²) in [6, 6.07) is 4.08. The van der Waals surface area contributed by atoms with Crippen LogP contribution >= 0.6 is 24.8 Å². The minimum absolute atomic E-state index is 0. The van der Waals surface area contributed by atoms with Crippen LogP contribution in [0.4, 0.5) is 0 Å². The molecule has 3 atom stereocenters.